The standard InChI is InChI=1S/C32H32ClF3N6O4S/c1-37-47(44,45)16-18-4-2-8-41(14-18)30-23-13-38-28(22-11-21(43)10-19-5-6-24(35)26(33)25(19)22)27(36)29(23)39-31(40-30)46-17-32-7-3-9-42(32)15-20(34)12-32/h5-6,10-11,13,18,20,43H,1-4,7-9,12,14-17H2/p+1/t18?,20-,32+/m1/s1. The highest BCUT2D eigenvalue weighted by Crippen LogP contribution is 2.42. The second-order valence-electron chi connectivity index (χ2n) is 12.7. The van der Waals surface area contributed by atoms with E-state index in [0.29, 0.717) is 50.1 Å². The van der Waals surface area contributed by atoms with Crippen molar-refractivity contribution < 1.29 is 35.8 Å². The molecule has 3 saturated heterocycles. The molecule has 3 atom stereocenters. The molecule has 0 bridgehead atoms. The molecular formula is C32H33ClF3N6O4S+. The SMILES string of the molecule is C=[NH+]S(=O)(=O)CC1CCCN(c2nc(OC[C@@]34CCCN3C[C@H](F)C4)nc3c(F)c(-c4cc(O)cc5ccc(F)c(Cl)c45)ncc23)C1. The fraction of sp³-hybridized carbons (Fsp3) is 0.438. The molecule has 1 unspecified atom stereocenters. The number of aromatic nitrogens is 3. The second kappa shape index (κ2) is 12.0. The third-order valence-electron chi connectivity index (χ3n) is 9.62. The fourth-order valence-corrected chi connectivity index (χ4v) is 8.78. The van der Waals surface area contributed by atoms with Crippen LogP contribution in [0.15, 0.2) is 30.5 Å². The van der Waals surface area contributed by atoms with E-state index in [0.717, 1.165) is 25.5 Å². The average molecular weight is 690 g/mol. The van der Waals surface area contributed by atoms with Gasteiger partial charge in [0.2, 0.25) is 0 Å². The number of fused-ring (bicyclic) bond motifs is 3. The lowest BCUT2D eigenvalue weighted by Gasteiger charge is -2.34. The number of pyridine rings is 1. The Bertz CT molecular complexity index is 2020. The molecule has 2 N–H and O–H groups in total. The molecule has 0 saturated carbocycles. The van der Waals surface area contributed by atoms with Gasteiger partial charge in [-0.3, -0.25) is 9.88 Å². The van der Waals surface area contributed by atoms with Crippen molar-refractivity contribution in [3.05, 3.63) is 47.1 Å². The van der Waals surface area contributed by atoms with Gasteiger partial charge in [0.15, 0.2) is 5.82 Å². The molecule has 0 spiro atoms. The van der Waals surface area contributed by atoms with E-state index in [4.69, 9.17) is 16.3 Å². The molecule has 4 aromatic rings. The Morgan fingerprint density at radius 3 is 2.81 bits per heavy atom. The van der Waals surface area contributed by atoms with Crippen molar-refractivity contribution in [2.75, 3.05) is 43.4 Å². The maximum atomic E-state index is 16.7. The molecule has 7 rings (SSSR count). The summed E-state index contributed by atoms with van der Waals surface area (Å²) >= 11 is 6.34. The van der Waals surface area contributed by atoms with E-state index in [1.807, 2.05) is 4.90 Å². The Morgan fingerprint density at radius 1 is 1.17 bits per heavy atom. The highest BCUT2D eigenvalue weighted by molar-refractivity contribution is 7.84. The number of sulfonamides is 1. The number of hydrogen-bond acceptors (Lipinski definition) is 9. The minimum Gasteiger partial charge on any atom is -0.508 e. The van der Waals surface area contributed by atoms with Gasteiger partial charge in [0, 0.05) is 43.2 Å². The van der Waals surface area contributed by atoms with Crippen LogP contribution < -0.4 is 14.0 Å². The van der Waals surface area contributed by atoms with Crippen LogP contribution in [0.3, 0.4) is 0 Å². The monoisotopic (exact) mass is 689 g/mol. The quantitative estimate of drug-likeness (QED) is 0.266. The van der Waals surface area contributed by atoms with E-state index in [1.165, 1.54) is 24.4 Å². The van der Waals surface area contributed by atoms with Crippen molar-refractivity contribution in [3.8, 4) is 23.0 Å². The number of anilines is 1. The molecule has 3 aliphatic rings. The summed E-state index contributed by atoms with van der Waals surface area (Å²) in [5.41, 5.74) is -0.797. The molecule has 3 fully saturated rings. The van der Waals surface area contributed by atoms with Crippen LogP contribution in [-0.2, 0) is 10.0 Å². The number of alkyl halides is 1. The highest BCUT2D eigenvalue weighted by Gasteiger charge is 2.49. The third kappa shape index (κ3) is 5.84. The van der Waals surface area contributed by atoms with E-state index < -0.39 is 33.4 Å². The van der Waals surface area contributed by atoms with Gasteiger partial charge in [0.25, 0.3) is 0 Å². The van der Waals surface area contributed by atoms with Gasteiger partial charge in [-0.25, -0.2) is 13.2 Å². The third-order valence-corrected chi connectivity index (χ3v) is 11.3. The van der Waals surface area contributed by atoms with Gasteiger partial charge in [0.1, 0.15) is 53.8 Å². The smallest absolute Gasteiger partial charge is 0.362 e. The molecule has 10 nitrogen and oxygen atoms in total. The van der Waals surface area contributed by atoms with Crippen LogP contribution in [-0.4, -0.2) is 90.3 Å². The molecule has 3 aliphatic heterocycles. The number of piperidine rings is 1. The van der Waals surface area contributed by atoms with Crippen LogP contribution in [0.4, 0.5) is 19.0 Å². The highest BCUT2D eigenvalue weighted by atomic mass is 35.5. The van der Waals surface area contributed by atoms with E-state index >= 15 is 4.39 Å². The van der Waals surface area contributed by atoms with Gasteiger partial charge in [0.05, 0.1) is 15.9 Å². The first kappa shape index (κ1) is 31.8. The number of phenols is 1. The summed E-state index contributed by atoms with van der Waals surface area (Å²) in [4.78, 5) is 17.5. The minimum atomic E-state index is -3.59. The van der Waals surface area contributed by atoms with Crippen LogP contribution in [0.2, 0.25) is 5.02 Å². The van der Waals surface area contributed by atoms with E-state index in [-0.39, 0.29) is 62.6 Å². The summed E-state index contributed by atoms with van der Waals surface area (Å²) in [6, 6.07) is 5.12. The van der Waals surface area contributed by atoms with Crippen molar-refractivity contribution >= 4 is 55.8 Å². The molecule has 248 valence electrons. The summed E-state index contributed by atoms with van der Waals surface area (Å²) < 4.78 is 78.7. The molecule has 2 aromatic heterocycles. The summed E-state index contributed by atoms with van der Waals surface area (Å²) in [5, 5.41) is 11.0. The number of rotatable bonds is 8. The van der Waals surface area contributed by atoms with Gasteiger partial charge < -0.3 is 14.7 Å². The zero-order chi connectivity index (χ0) is 33.1. The first-order valence-electron chi connectivity index (χ1n) is 15.5. The second-order valence-corrected chi connectivity index (χ2v) is 14.9. The van der Waals surface area contributed by atoms with Crippen molar-refractivity contribution in [1.82, 2.24) is 19.9 Å². The molecule has 47 heavy (non-hydrogen) atoms. The Balaban J connectivity index is 1.35. The molecule has 0 aliphatic carbocycles. The molecule has 5 heterocycles. The van der Waals surface area contributed by atoms with Gasteiger partial charge in [-0.05, 0) is 61.7 Å². The number of halogens is 4. The van der Waals surface area contributed by atoms with Crippen molar-refractivity contribution in [1.29, 1.82) is 0 Å². The lowest BCUT2D eigenvalue weighted by atomic mass is 9.95. The number of nitrogens with zero attached hydrogens (tertiary/aromatic N) is 5. The summed E-state index contributed by atoms with van der Waals surface area (Å²) in [6.45, 7) is 5.32. The van der Waals surface area contributed by atoms with Gasteiger partial charge in [-0.2, -0.15) is 18.4 Å². The van der Waals surface area contributed by atoms with E-state index in [2.05, 4.69) is 31.0 Å². The van der Waals surface area contributed by atoms with Crippen LogP contribution >= 0.6 is 11.6 Å². The summed E-state index contributed by atoms with van der Waals surface area (Å²) in [5.74, 6) is -1.86. The molecule has 0 amide bonds. The maximum Gasteiger partial charge on any atom is 0.362 e. The largest absolute Gasteiger partial charge is 0.508 e. The van der Waals surface area contributed by atoms with Gasteiger partial charge >= 0.3 is 16.0 Å². The molecule has 2 aromatic carbocycles. The zero-order valence-corrected chi connectivity index (χ0v) is 26.9. The predicted molar refractivity (Wildman–Crippen MR) is 172 cm³/mol. The summed E-state index contributed by atoms with van der Waals surface area (Å²) in [7, 11) is -3.59. The van der Waals surface area contributed by atoms with E-state index in [1.54, 1.807) is 0 Å². The number of benzene rings is 2. The lowest BCUT2D eigenvalue weighted by Crippen LogP contribution is -2.72. The Morgan fingerprint density at radius 2 is 2.00 bits per heavy atom. The minimum absolute atomic E-state index is 0.0656. The van der Waals surface area contributed by atoms with Crippen LogP contribution in [0.25, 0.3) is 32.9 Å². The number of phenolic OH excluding ortho intramolecular Hbond substituents is 1. The zero-order valence-electron chi connectivity index (χ0n) is 25.4. The first-order chi connectivity index (χ1) is 22.5. The van der Waals surface area contributed by atoms with Crippen molar-refractivity contribution in [3.63, 3.8) is 0 Å². The van der Waals surface area contributed by atoms with E-state index in [9.17, 15) is 22.3 Å². The molecular weight excluding hydrogens is 657 g/mol. The fourth-order valence-electron chi connectivity index (χ4n) is 7.49. The van der Waals surface area contributed by atoms with Crippen LogP contribution in [0.1, 0.15) is 32.1 Å². The van der Waals surface area contributed by atoms with Crippen LogP contribution in [0, 0.1) is 17.6 Å². The average Bonchev–Trinajstić information content (AvgIpc) is 3.57. The Labute approximate surface area is 274 Å². The van der Waals surface area contributed by atoms with Gasteiger partial charge in [-0.1, -0.05) is 17.7 Å². The first-order valence-corrected chi connectivity index (χ1v) is 17.5. The lowest BCUT2D eigenvalue weighted by molar-refractivity contribution is -0.255. The predicted octanol–water partition coefficient (Wildman–Crippen LogP) is 3.76. The molecule has 15 heteroatoms. The Kier molecular flexibility index (Phi) is 8.16. The van der Waals surface area contributed by atoms with Crippen molar-refractivity contribution in [2.24, 2.45) is 5.92 Å². The normalized spacial score (nSPS) is 23.4. The Hall–Kier alpha value is -3.75. The van der Waals surface area contributed by atoms with Gasteiger partial charge in [-0.15, -0.1) is 4.40 Å². The summed E-state index contributed by atoms with van der Waals surface area (Å²) in [6.07, 6.45) is 3.72. The number of hydrogen-bond donors (Lipinski definition) is 2. The number of aromatic hydroxyl groups is 1. The van der Waals surface area contributed by atoms with Crippen LogP contribution in [0.5, 0.6) is 11.8 Å². The maximum absolute atomic E-state index is 16.7. The topological polar surface area (TPSA) is 123 Å². The number of nitrogens with one attached hydrogen (secondary N) is 1. The molecule has 0 radical (unpaired) electrons. The van der Waals surface area contributed by atoms with Crippen molar-refractivity contribution in [2.45, 2.75) is 43.8 Å². The number of ether oxygens (including phenoxy) is 1.